The average Bonchev–Trinajstić information content (AvgIpc) is 3.29. The van der Waals surface area contributed by atoms with Gasteiger partial charge in [-0.1, -0.05) is 30.0 Å². The van der Waals surface area contributed by atoms with E-state index in [4.69, 9.17) is 0 Å². The number of hydrogen-bond donors (Lipinski definition) is 1. The van der Waals surface area contributed by atoms with E-state index < -0.39 is 0 Å². The molecule has 2 aromatic carbocycles. The first-order valence-electron chi connectivity index (χ1n) is 9.26. The Labute approximate surface area is 167 Å². The molecule has 3 aromatic rings. The van der Waals surface area contributed by atoms with Crippen LogP contribution < -0.4 is 5.32 Å². The van der Waals surface area contributed by atoms with E-state index in [0.29, 0.717) is 16.5 Å². The summed E-state index contributed by atoms with van der Waals surface area (Å²) < 4.78 is 15.8. The van der Waals surface area contributed by atoms with E-state index in [0.717, 1.165) is 18.5 Å². The number of halogens is 1. The second-order valence-electron chi connectivity index (χ2n) is 6.93. The molecule has 0 unspecified atom stereocenters. The molecule has 0 spiro atoms. The summed E-state index contributed by atoms with van der Waals surface area (Å²) in [4.78, 5) is 12.6. The third-order valence-corrected chi connectivity index (χ3v) is 6.10. The van der Waals surface area contributed by atoms with Gasteiger partial charge >= 0.3 is 0 Å². The van der Waals surface area contributed by atoms with Gasteiger partial charge < -0.3 is 9.88 Å². The Balaban J connectivity index is 1.46. The van der Waals surface area contributed by atoms with Gasteiger partial charge in [0, 0.05) is 12.7 Å². The van der Waals surface area contributed by atoms with E-state index >= 15 is 0 Å². The monoisotopic (exact) mass is 396 g/mol. The molecular formula is C21H21FN4OS. The predicted molar refractivity (Wildman–Crippen MR) is 109 cm³/mol. The Bertz CT molecular complexity index is 1030. The Kier molecular flexibility index (Phi) is 5.17. The van der Waals surface area contributed by atoms with Gasteiger partial charge in [0.2, 0.25) is 5.91 Å². The van der Waals surface area contributed by atoms with Crippen molar-refractivity contribution < 1.29 is 9.18 Å². The molecule has 1 aliphatic rings. The number of fused-ring (bicyclic) bond motifs is 1. The highest BCUT2D eigenvalue weighted by molar-refractivity contribution is 8.00. The number of hydrogen-bond acceptors (Lipinski definition) is 4. The van der Waals surface area contributed by atoms with Crippen LogP contribution >= 0.6 is 11.8 Å². The van der Waals surface area contributed by atoms with Crippen LogP contribution in [-0.2, 0) is 24.7 Å². The van der Waals surface area contributed by atoms with Crippen molar-refractivity contribution in [1.29, 1.82) is 0 Å². The van der Waals surface area contributed by atoms with Crippen molar-refractivity contribution >= 4 is 23.4 Å². The third-order valence-electron chi connectivity index (χ3n) is 4.97. The molecule has 0 saturated carbocycles. The van der Waals surface area contributed by atoms with Crippen molar-refractivity contribution in [2.45, 2.75) is 36.6 Å². The lowest BCUT2D eigenvalue weighted by atomic mass is 10.1. The number of aromatic nitrogens is 3. The molecule has 0 aliphatic heterocycles. The van der Waals surface area contributed by atoms with Crippen LogP contribution in [0.5, 0.6) is 0 Å². The molecule has 0 saturated heterocycles. The minimum atomic E-state index is -0.371. The zero-order chi connectivity index (χ0) is 19.7. The largest absolute Gasteiger partial charge is 0.325 e. The minimum absolute atomic E-state index is 0.0987. The summed E-state index contributed by atoms with van der Waals surface area (Å²) in [6, 6.07) is 12.6. The zero-order valence-electron chi connectivity index (χ0n) is 15.8. The van der Waals surface area contributed by atoms with Gasteiger partial charge in [-0.05, 0) is 61.6 Å². The second-order valence-corrected chi connectivity index (χ2v) is 8.24. The number of benzene rings is 2. The predicted octanol–water partition coefficient (Wildman–Crippen LogP) is 4.23. The van der Waals surface area contributed by atoms with Crippen molar-refractivity contribution in [3.05, 3.63) is 59.4 Å². The van der Waals surface area contributed by atoms with Crippen molar-refractivity contribution in [3.63, 3.8) is 0 Å². The van der Waals surface area contributed by atoms with Crippen molar-refractivity contribution in [3.8, 4) is 11.4 Å². The summed E-state index contributed by atoms with van der Waals surface area (Å²) in [5.41, 5.74) is 3.91. The topological polar surface area (TPSA) is 59.8 Å². The summed E-state index contributed by atoms with van der Waals surface area (Å²) in [5, 5.41) is 11.4. The number of aryl methyl sites for hydroxylation is 2. The summed E-state index contributed by atoms with van der Waals surface area (Å²) in [5.74, 6) is -0.0119. The van der Waals surface area contributed by atoms with Gasteiger partial charge in [-0.15, -0.1) is 10.2 Å². The van der Waals surface area contributed by atoms with E-state index in [2.05, 4.69) is 27.6 Å². The van der Waals surface area contributed by atoms with Crippen molar-refractivity contribution in [1.82, 2.24) is 14.8 Å². The molecule has 1 aromatic heterocycles. The fraction of sp³-hybridized carbons (Fsp3) is 0.286. The molecular weight excluding hydrogens is 375 g/mol. The molecule has 28 heavy (non-hydrogen) atoms. The van der Waals surface area contributed by atoms with Crippen LogP contribution in [-0.4, -0.2) is 25.9 Å². The second kappa shape index (κ2) is 7.75. The number of amides is 1. The highest BCUT2D eigenvalue weighted by Crippen LogP contribution is 2.28. The van der Waals surface area contributed by atoms with Crippen LogP contribution in [0.25, 0.3) is 11.4 Å². The quantitative estimate of drug-likeness (QED) is 0.656. The number of nitrogens with one attached hydrogen (secondary N) is 1. The average molecular weight is 396 g/mol. The van der Waals surface area contributed by atoms with Gasteiger partial charge in [-0.25, -0.2) is 4.39 Å². The molecule has 144 valence electrons. The van der Waals surface area contributed by atoms with Gasteiger partial charge in [0.1, 0.15) is 5.82 Å². The molecule has 1 heterocycles. The lowest BCUT2D eigenvalue weighted by molar-refractivity contribution is -0.115. The first kappa shape index (κ1) is 18.7. The maximum atomic E-state index is 14.0. The molecule has 1 amide bonds. The molecule has 0 radical (unpaired) electrons. The van der Waals surface area contributed by atoms with Crippen molar-refractivity contribution in [2.75, 3.05) is 5.32 Å². The SMILES string of the molecule is C[C@H](Sc1nnc(-c2ccccc2F)n1C)C(=O)Nc1ccc2c(c1)CCC2. The van der Waals surface area contributed by atoms with Crippen LogP contribution in [0.1, 0.15) is 24.5 Å². The smallest absolute Gasteiger partial charge is 0.237 e. The molecule has 1 aliphatic carbocycles. The van der Waals surface area contributed by atoms with Gasteiger partial charge in [0.05, 0.1) is 10.8 Å². The first-order valence-corrected chi connectivity index (χ1v) is 10.1. The third kappa shape index (κ3) is 3.67. The summed E-state index contributed by atoms with van der Waals surface area (Å²) in [6.07, 6.45) is 3.36. The number of carbonyl (C=O) groups is 1. The van der Waals surface area contributed by atoms with Crippen LogP contribution in [0.2, 0.25) is 0 Å². The number of anilines is 1. The standard InChI is InChI=1S/C21H21FN4OS/c1-13(20(27)23-16-11-10-14-6-5-7-15(14)12-16)28-21-25-24-19(26(21)2)17-8-3-4-9-18(17)22/h3-4,8-13H,5-7H2,1-2H3,(H,23,27)/t13-/m0/s1. The number of nitrogens with zero attached hydrogens (tertiary/aromatic N) is 3. The minimum Gasteiger partial charge on any atom is -0.325 e. The highest BCUT2D eigenvalue weighted by Gasteiger charge is 2.21. The fourth-order valence-electron chi connectivity index (χ4n) is 3.40. The molecule has 1 N–H and O–H groups in total. The van der Waals surface area contributed by atoms with Crippen LogP contribution in [0.3, 0.4) is 0 Å². The number of carbonyl (C=O) groups excluding carboxylic acids is 1. The Morgan fingerprint density at radius 2 is 1.96 bits per heavy atom. The van der Waals surface area contributed by atoms with E-state index in [-0.39, 0.29) is 17.0 Å². The highest BCUT2D eigenvalue weighted by atomic mass is 32.2. The molecule has 0 fully saturated rings. The first-order chi connectivity index (χ1) is 13.5. The van der Waals surface area contributed by atoms with Crippen molar-refractivity contribution in [2.24, 2.45) is 7.05 Å². The molecule has 1 atom stereocenters. The summed E-state index contributed by atoms with van der Waals surface area (Å²) >= 11 is 1.30. The molecule has 0 bridgehead atoms. The Morgan fingerprint density at radius 1 is 1.18 bits per heavy atom. The molecule has 5 nitrogen and oxygen atoms in total. The van der Waals surface area contributed by atoms with Crippen LogP contribution in [0.4, 0.5) is 10.1 Å². The Morgan fingerprint density at radius 3 is 2.79 bits per heavy atom. The van der Waals surface area contributed by atoms with E-state index in [1.54, 1.807) is 29.8 Å². The summed E-state index contributed by atoms with van der Waals surface area (Å²) in [6.45, 7) is 1.82. The normalized spacial score (nSPS) is 14.0. The molecule has 4 rings (SSSR count). The maximum absolute atomic E-state index is 14.0. The number of rotatable bonds is 5. The zero-order valence-corrected chi connectivity index (χ0v) is 16.6. The van der Waals surface area contributed by atoms with E-state index in [9.17, 15) is 9.18 Å². The van der Waals surface area contributed by atoms with Gasteiger partial charge in [-0.2, -0.15) is 0 Å². The maximum Gasteiger partial charge on any atom is 0.237 e. The fourth-order valence-corrected chi connectivity index (χ4v) is 4.21. The summed E-state index contributed by atoms with van der Waals surface area (Å²) in [7, 11) is 1.77. The van der Waals surface area contributed by atoms with Gasteiger partial charge in [-0.3, -0.25) is 4.79 Å². The van der Waals surface area contributed by atoms with Crippen LogP contribution in [0, 0.1) is 5.82 Å². The lowest BCUT2D eigenvalue weighted by Gasteiger charge is -2.12. The Hall–Kier alpha value is -2.67. The van der Waals surface area contributed by atoms with Gasteiger partial charge in [0.15, 0.2) is 11.0 Å². The van der Waals surface area contributed by atoms with E-state index in [1.807, 2.05) is 13.0 Å². The molecule has 7 heteroatoms. The van der Waals surface area contributed by atoms with Crippen LogP contribution in [0.15, 0.2) is 47.6 Å². The van der Waals surface area contributed by atoms with E-state index in [1.165, 1.54) is 35.4 Å². The van der Waals surface area contributed by atoms with Gasteiger partial charge in [0.25, 0.3) is 0 Å². The lowest BCUT2D eigenvalue weighted by Crippen LogP contribution is -2.23. The number of thioether (sulfide) groups is 1.